The Morgan fingerprint density at radius 2 is 1.85 bits per heavy atom. The van der Waals surface area contributed by atoms with Crippen molar-refractivity contribution in [2.24, 2.45) is 0 Å². The molecular formula is C15H16N5NaO4S. The van der Waals surface area contributed by atoms with Gasteiger partial charge in [-0.2, -0.15) is 0 Å². The van der Waals surface area contributed by atoms with Gasteiger partial charge in [-0.25, -0.2) is 0 Å². The smallest absolute Gasteiger partial charge is 0.431 e. The number of rotatable bonds is 3. The van der Waals surface area contributed by atoms with Gasteiger partial charge in [0.05, 0.1) is 6.20 Å². The minimum Gasteiger partial charge on any atom is -0.431 e. The first-order valence-corrected chi connectivity index (χ1v) is 8.76. The predicted octanol–water partition coefficient (Wildman–Crippen LogP) is -1.71. The summed E-state index contributed by atoms with van der Waals surface area (Å²) in [5.74, 6) is 0. The topological polar surface area (TPSA) is 116 Å². The summed E-state index contributed by atoms with van der Waals surface area (Å²) >= 11 is 0. The van der Waals surface area contributed by atoms with Crippen LogP contribution in [0.2, 0.25) is 0 Å². The summed E-state index contributed by atoms with van der Waals surface area (Å²) in [5, 5.41) is 12.5. The molecule has 0 unspecified atom stereocenters. The molecule has 0 spiro atoms. The Labute approximate surface area is 174 Å². The number of urea groups is 1. The molecule has 2 fully saturated rings. The molecule has 132 valence electrons. The monoisotopic (exact) mass is 385 g/mol. The Morgan fingerprint density at radius 3 is 2.54 bits per heavy atom. The Balaban J connectivity index is 0.000000444. The number of aromatic nitrogens is 3. The van der Waals surface area contributed by atoms with Crippen molar-refractivity contribution in [1.82, 2.24) is 19.9 Å². The second-order valence-corrected chi connectivity index (χ2v) is 6.25. The van der Waals surface area contributed by atoms with Crippen LogP contribution in [0, 0.1) is 0 Å². The third-order valence-electron chi connectivity index (χ3n) is 4.23. The molecule has 0 radical (unpaired) electrons. The van der Waals surface area contributed by atoms with Gasteiger partial charge >= 0.3 is 40.2 Å². The van der Waals surface area contributed by atoms with E-state index in [4.69, 9.17) is 12.6 Å². The fraction of sp³-hybridized carbons (Fsp3) is 0.400. The zero-order valence-corrected chi connectivity index (χ0v) is 17.0. The molecule has 2 bridgehead atoms. The van der Waals surface area contributed by atoms with E-state index in [0.717, 1.165) is 30.6 Å². The van der Waals surface area contributed by atoms with Crippen molar-refractivity contribution in [3.05, 3.63) is 41.8 Å². The summed E-state index contributed by atoms with van der Waals surface area (Å²) in [6.07, 6.45) is 3.92. The van der Waals surface area contributed by atoms with E-state index in [1.165, 1.54) is 0 Å². The summed E-state index contributed by atoms with van der Waals surface area (Å²) in [6, 6.07) is 10.3. The molecule has 2 aliphatic rings. The van der Waals surface area contributed by atoms with Crippen LogP contribution < -0.4 is 29.6 Å². The van der Waals surface area contributed by atoms with Gasteiger partial charge in [-0.1, -0.05) is 42.0 Å². The van der Waals surface area contributed by atoms with Crippen LogP contribution in [-0.2, 0) is 17.2 Å². The van der Waals surface area contributed by atoms with Gasteiger partial charge in [0.1, 0.15) is 5.69 Å². The number of hydrogen-bond acceptors (Lipinski definition) is 6. The fourth-order valence-corrected chi connectivity index (χ4v) is 3.11. The molecule has 2 amide bonds. The van der Waals surface area contributed by atoms with E-state index in [1.807, 2.05) is 46.1 Å². The van der Waals surface area contributed by atoms with Gasteiger partial charge in [0, 0.05) is 12.1 Å². The van der Waals surface area contributed by atoms with E-state index < -0.39 is 10.6 Å². The average molecular weight is 385 g/mol. The maximum atomic E-state index is 11.8. The number of piperidine rings is 1. The van der Waals surface area contributed by atoms with Crippen molar-refractivity contribution in [3.8, 4) is 11.3 Å². The van der Waals surface area contributed by atoms with Crippen LogP contribution >= 0.6 is 0 Å². The second-order valence-electron chi connectivity index (χ2n) is 5.85. The molecule has 2 aromatic rings. The number of benzene rings is 1. The quantitative estimate of drug-likeness (QED) is 0.581. The minimum absolute atomic E-state index is 0. The molecule has 26 heavy (non-hydrogen) atoms. The summed E-state index contributed by atoms with van der Waals surface area (Å²) < 4.78 is 27.2. The second kappa shape index (κ2) is 9.26. The molecule has 9 nitrogen and oxygen atoms in total. The van der Waals surface area contributed by atoms with Crippen LogP contribution in [0.15, 0.2) is 36.5 Å². The Bertz CT molecular complexity index is 851. The predicted molar refractivity (Wildman–Crippen MR) is 87.4 cm³/mol. The molecule has 0 saturated carbocycles. The van der Waals surface area contributed by atoms with Crippen LogP contribution in [0.4, 0.5) is 4.79 Å². The Morgan fingerprint density at radius 1 is 1.15 bits per heavy atom. The van der Waals surface area contributed by atoms with E-state index in [0.29, 0.717) is 6.54 Å². The van der Waals surface area contributed by atoms with Crippen LogP contribution in [0.1, 0.15) is 12.8 Å². The van der Waals surface area contributed by atoms with Crippen molar-refractivity contribution < 1.29 is 47.0 Å². The van der Waals surface area contributed by atoms with E-state index in [9.17, 15) is 4.79 Å². The third kappa shape index (κ3) is 5.13. The van der Waals surface area contributed by atoms with Gasteiger partial charge in [0.15, 0.2) is 6.03 Å². The summed E-state index contributed by atoms with van der Waals surface area (Å²) in [6.45, 7) is 1.46. The van der Waals surface area contributed by atoms with E-state index >= 15 is 0 Å². The van der Waals surface area contributed by atoms with E-state index in [-0.39, 0.29) is 47.7 Å². The molecule has 0 N–H and O–H groups in total. The zero-order valence-electron chi connectivity index (χ0n) is 14.2. The van der Waals surface area contributed by atoms with Crippen molar-refractivity contribution in [1.29, 1.82) is 0 Å². The minimum atomic E-state index is -3.11. The van der Waals surface area contributed by atoms with Gasteiger partial charge in [0.25, 0.3) is 0 Å². The molecule has 2 saturated heterocycles. The zero-order chi connectivity index (χ0) is 17.8. The van der Waals surface area contributed by atoms with Gasteiger partial charge < -0.3 is 10.2 Å². The van der Waals surface area contributed by atoms with Gasteiger partial charge in [-0.15, -0.1) is 17.7 Å². The van der Waals surface area contributed by atoms with Crippen LogP contribution in [0.25, 0.3) is 16.6 Å². The molecule has 4 rings (SSSR count). The Hall–Kier alpha value is -1.75. The average Bonchev–Trinajstić information content (AvgIpc) is 3.16. The number of carbonyl (C=O) groups excluding carboxylic acids is 1. The van der Waals surface area contributed by atoms with Crippen molar-refractivity contribution in [3.63, 3.8) is 0 Å². The number of fused-ring (bicyclic) bond motifs is 2. The first-order valence-electron chi connectivity index (χ1n) is 7.76. The maximum absolute atomic E-state index is 11.8. The van der Waals surface area contributed by atoms with E-state index in [1.54, 1.807) is 0 Å². The summed E-state index contributed by atoms with van der Waals surface area (Å²) in [5.41, 5.74) is 1.92. The van der Waals surface area contributed by atoms with Crippen LogP contribution in [-0.4, -0.2) is 57.2 Å². The number of nitrogens with zero attached hydrogens (tertiary/aromatic N) is 5. The van der Waals surface area contributed by atoms with Crippen molar-refractivity contribution in [2.45, 2.75) is 31.5 Å². The Kier molecular flexibility index (Phi) is 7.33. The molecule has 1 aromatic carbocycles. The standard InChI is InChI=1S/C15H17N5O.Na.O3S/c21-15-16-12-6-7-13(20(15)8-12)9-19-10-14(17-18-19)11-4-2-1-3-5-11;;1-4(2)3/h1-5,10,12-13H,6-9H2,(H,16,21);;/q;+1;/p-1/t12-,13+;;/m1../s1. The molecule has 0 aliphatic carbocycles. The largest absolute Gasteiger partial charge is 1.00 e. The normalized spacial score (nSPS) is 20.5. The first kappa shape index (κ1) is 20.6. The molecular weight excluding hydrogens is 369 g/mol. The molecule has 3 heterocycles. The number of amides is 2. The maximum Gasteiger partial charge on any atom is 1.00 e. The van der Waals surface area contributed by atoms with Gasteiger partial charge in [-0.05, 0) is 25.0 Å². The van der Waals surface area contributed by atoms with Gasteiger partial charge in [-0.3, -0.25) is 9.48 Å². The molecule has 2 atom stereocenters. The van der Waals surface area contributed by atoms with Crippen LogP contribution in [0.3, 0.4) is 0 Å². The summed E-state index contributed by atoms with van der Waals surface area (Å²) in [4.78, 5) is 13.7. The van der Waals surface area contributed by atoms with Crippen molar-refractivity contribution >= 4 is 16.6 Å². The first-order chi connectivity index (χ1) is 12.0. The van der Waals surface area contributed by atoms with Gasteiger partial charge in [0.2, 0.25) is 0 Å². The number of carbonyl (C=O) groups is 1. The SMILES string of the molecule is O=C1[N-][C@@H]2CC[C@@H](Cn3cc(-c4ccccc4)nn3)N1C2.O=S(=O)=O.[Na+]. The van der Waals surface area contributed by atoms with E-state index in [2.05, 4.69) is 15.6 Å². The van der Waals surface area contributed by atoms with Crippen LogP contribution in [0.5, 0.6) is 0 Å². The summed E-state index contributed by atoms with van der Waals surface area (Å²) in [7, 11) is -3.11. The molecule has 2 aliphatic heterocycles. The fourth-order valence-electron chi connectivity index (χ4n) is 3.11. The molecule has 1 aromatic heterocycles. The molecule has 11 heteroatoms. The van der Waals surface area contributed by atoms with Crippen molar-refractivity contribution in [2.75, 3.05) is 6.54 Å². The third-order valence-corrected chi connectivity index (χ3v) is 4.23. The number of hydrogen-bond donors (Lipinski definition) is 0.